The van der Waals surface area contributed by atoms with Crippen molar-refractivity contribution in [3.63, 3.8) is 0 Å². The lowest BCUT2D eigenvalue weighted by atomic mass is 10.1. The zero-order chi connectivity index (χ0) is 14.8. The maximum atomic E-state index is 11.6. The minimum absolute atomic E-state index is 0. The molecule has 0 saturated carbocycles. The Kier molecular flexibility index (Phi) is 10.9. The number of hydrogen-bond acceptors (Lipinski definition) is 4. The molecular weight excluding hydrogens is 290 g/mol. The smallest absolute Gasteiger partial charge is 0.234 e. The van der Waals surface area contributed by atoms with Gasteiger partial charge in [0.2, 0.25) is 5.91 Å². The van der Waals surface area contributed by atoms with E-state index < -0.39 is 0 Å². The molecule has 0 spiro atoms. The highest BCUT2D eigenvalue weighted by molar-refractivity contribution is 5.85. The van der Waals surface area contributed by atoms with E-state index in [0.29, 0.717) is 26.2 Å². The van der Waals surface area contributed by atoms with Crippen LogP contribution < -0.4 is 10.6 Å². The van der Waals surface area contributed by atoms with Gasteiger partial charge in [-0.2, -0.15) is 0 Å². The molecule has 1 aromatic carbocycles. The highest BCUT2D eigenvalue weighted by Gasteiger charge is 2.01. The molecule has 1 amide bonds. The molecule has 0 aliphatic carbocycles. The Hall–Kier alpha value is -1.14. The fraction of sp³-hybridized carbons (Fsp3) is 0.533. The first-order valence-electron chi connectivity index (χ1n) is 6.80. The number of hydrogen-bond donors (Lipinski definition) is 2. The molecule has 0 radical (unpaired) electrons. The van der Waals surface area contributed by atoms with Crippen molar-refractivity contribution in [2.24, 2.45) is 0 Å². The molecule has 0 saturated heterocycles. The predicted molar refractivity (Wildman–Crippen MR) is 87.7 cm³/mol. The van der Waals surface area contributed by atoms with Gasteiger partial charge < -0.3 is 20.3 Å². The van der Waals surface area contributed by atoms with Crippen LogP contribution in [0.4, 0.5) is 0 Å². The first-order chi connectivity index (χ1) is 9.61. The Bertz CT molecular complexity index is 396. The number of rotatable bonds is 9. The highest BCUT2D eigenvalue weighted by atomic mass is 35.5. The second-order valence-electron chi connectivity index (χ2n) is 5.00. The van der Waals surface area contributed by atoms with Gasteiger partial charge in [0.25, 0.3) is 0 Å². The van der Waals surface area contributed by atoms with E-state index in [0.717, 1.165) is 12.1 Å². The van der Waals surface area contributed by atoms with Gasteiger partial charge in [-0.05, 0) is 25.2 Å². The predicted octanol–water partition coefficient (Wildman–Crippen LogP) is 1.02. The lowest BCUT2D eigenvalue weighted by Crippen LogP contribution is -2.34. The third-order valence-electron chi connectivity index (χ3n) is 2.78. The monoisotopic (exact) mass is 315 g/mol. The summed E-state index contributed by atoms with van der Waals surface area (Å²) < 4.78 is 4.89. The molecule has 5 nitrogen and oxygen atoms in total. The molecular formula is C15H26ClN3O2. The van der Waals surface area contributed by atoms with E-state index in [-0.39, 0.29) is 18.3 Å². The van der Waals surface area contributed by atoms with Crippen LogP contribution in [-0.4, -0.2) is 51.7 Å². The molecule has 0 fully saturated rings. The van der Waals surface area contributed by atoms with Crippen molar-refractivity contribution < 1.29 is 9.53 Å². The summed E-state index contributed by atoms with van der Waals surface area (Å²) in [6.07, 6.45) is 0. The normalized spacial score (nSPS) is 10.3. The lowest BCUT2D eigenvalue weighted by Gasteiger charge is -2.10. The number of methoxy groups -OCH3 is 1. The summed E-state index contributed by atoms with van der Waals surface area (Å²) in [6.45, 7) is 3.11. The van der Waals surface area contributed by atoms with Gasteiger partial charge in [-0.1, -0.05) is 24.3 Å². The molecule has 0 aliphatic heterocycles. The molecule has 1 aromatic rings. The number of nitrogens with one attached hydrogen (secondary N) is 2. The van der Waals surface area contributed by atoms with E-state index in [2.05, 4.69) is 39.8 Å². The molecule has 2 N–H and O–H groups in total. The summed E-state index contributed by atoms with van der Waals surface area (Å²) >= 11 is 0. The summed E-state index contributed by atoms with van der Waals surface area (Å²) in [5.41, 5.74) is 2.38. The molecule has 0 bridgehead atoms. The van der Waals surface area contributed by atoms with Crippen LogP contribution in [0.2, 0.25) is 0 Å². The van der Waals surface area contributed by atoms with Crippen LogP contribution in [0, 0.1) is 0 Å². The van der Waals surface area contributed by atoms with Crippen molar-refractivity contribution in [3.8, 4) is 0 Å². The molecule has 0 aliphatic rings. The second-order valence-corrected chi connectivity index (χ2v) is 5.00. The van der Waals surface area contributed by atoms with Gasteiger partial charge in [0, 0.05) is 26.7 Å². The zero-order valence-corrected chi connectivity index (χ0v) is 13.8. The van der Waals surface area contributed by atoms with E-state index in [1.54, 1.807) is 7.11 Å². The Morgan fingerprint density at radius 3 is 2.38 bits per heavy atom. The number of halogens is 1. The maximum Gasteiger partial charge on any atom is 0.234 e. The molecule has 120 valence electrons. The van der Waals surface area contributed by atoms with Crippen molar-refractivity contribution >= 4 is 18.3 Å². The molecule has 0 unspecified atom stereocenters. The summed E-state index contributed by atoms with van der Waals surface area (Å²) in [7, 11) is 5.73. The molecule has 0 aromatic heterocycles. The number of amides is 1. The van der Waals surface area contributed by atoms with Crippen molar-refractivity contribution in [3.05, 3.63) is 35.4 Å². The minimum atomic E-state index is -0.00142. The lowest BCUT2D eigenvalue weighted by molar-refractivity contribution is -0.120. The number of ether oxygens (including phenoxy) is 1. The van der Waals surface area contributed by atoms with E-state index in [1.807, 2.05) is 14.1 Å². The highest BCUT2D eigenvalue weighted by Crippen LogP contribution is 2.05. The summed E-state index contributed by atoms with van der Waals surface area (Å²) in [6, 6.07) is 8.30. The fourth-order valence-corrected chi connectivity index (χ4v) is 1.77. The first kappa shape index (κ1) is 19.9. The SMILES string of the molecule is COCCNCC(=O)NCc1ccc(CN(C)C)cc1.Cl. The van der Waals surface area contributed by atoms with Crippen LogP contribution >= 0.6 is 12.4 Å². The maximum absolute atomic E-state index is 11.6. The Balaban J connectivity index is 0.00000400. The minimum Gasteiger partial charge on any atom is -0.383 e. The first-order valence-corrected chi connectivity index (χ1v) is 6.80. The fourth-order valence-electron chi connectivity index (χ4n) is 1.77. The van der Waals surface area contributed by atoms with Gasteiger partial charge in [0.1, 0.15) is 0 Å². The van der Waals surface area contributed by atoms with E-state index in [4.69, 9.17) is 4.74 Å². The largest absolute Gasteiger partial charge is 0.383 e. The average Bonchev–Trinajstić information content (AvgIpc) is 2.42. The molecule has 0 atom stereocenters. The Morgan fingerprint density at radius 1 is 1.19 bits per heavy atom. The summed E-state index contributed by atoms with van der Waals surface area (Å²) in [5.74, 6) is -0.00142. The Morgan fingerprint density at radius 2 is 1.81 bits per heavy atom. The number of carbonyl (C=O) groups excluding carboxylic acids is 1. The van der Waals surface area contributed by atoms with Gasteiger partial charge >= 0.3 is 0 Å². The van der Waals surface area contributed by atoms with Gasteiger partial charge in [-0.25, -0.2) is 0 Å². The summed E-state index contributed by atoms with van der Waals surface area (Å²) in [5, 5.41) is 5.89. The van der Waals surface area contributed by atoms with Gasteiger partial charge in [0.05, 0.1) is 13.2 Å². The van der Waals surface area contributed by atoms with Crippen LogP contribution in [0.15, 0.2) is 24.3 Å². The zero-order valence-electron chi connectivity index (χ0n) is 13.0. The third-order valence-corrected chi connectivity index (χ3v) is 2.78. The third kappa shape index (κ3) is 9.42. The van der Waals surface area contributed by atoms with Crippen LogP contribution in [0.5, 0.6) is 0 Å². The quantitative estimate of drug-likeness (QED) is 0.668. The van der Waals surface area contributed by atoms with Crippen molar-refractivity contribution in [1.82, 2.24) is 15.5 Å². The van der Waals surface area contributed by atoms with Gasteiger partial charge in [0.15, 0.2) is 0 Å². The molecule has 1 rings (SSSR count). The van der Waals surface area contributed by atoms with Crippen molar-refractivity contribution in [1.29, 1.82) is 0 Å². The van der Waals surface area contributed by atoms with Gasteiger partial charge in [-0.3, -0.25) is 4.79 Å². The van der Waals surface area contributed by atoms with E-state index >= 15 is 0 Å². The second kappa shape index (κ2) is 11.5. The van der Waals surface area contributed by atoms with E-state index in [1.165, 1.54) is 5.56 Å². The molecule has 6 heteroatoms. The average molecular weight is 316 g/mol. The number of benzene rings is 1. The van der Waals surface area contributed by atoms with E-state index in [9.17, 15) is 4.79 Å². The topological polar surface area (TPSA) is 53.6 Å². The van der Waals surface area contributed by atoms with Crippen LogP contribution in [0.3, 0.4) is 0 Å². The Labute approximate surface area is 133 Å². The van der Waals surface area contributed by atoms with Gasteiger partial charge in [-0.15, -0.1) is 12.4 Å². The number of nitrogens with zero attached hydrogens (tertiary/aromatic N) is 1. The van der Waals surface area contributed by atoms with Crippen LogP contribution in [0.25, 0.3) is 0 Å². The standard InChI is InChI=1S/C15H25N3O2.ClH/c1-18(2)12-14-6-4-13(5-7-14)10-17-15(19)11-16-8-9-20-3;/h4-7,16H,8-12H2,1-3H3,(H,17,19);1H. The molecule has 0 heterocycles. The summed E-state index contributed by atoms with van der Waals surface area (Å²) in [4.78, 5) is 13.7. The molecule has 21 heavy (non-hydrogen) atoms. The van der Waals surface area contributed by atoms with Crippen LogP contribution in [0.1, 0.15) is 11.1 Å². The van der Waals surface area contributed by atoms with Crippen LogP contribution in [-0.2, 0) is 22.6 Å². The van der Waals surface area contributed by atoms with Crippen molar-refractivity contribution in [2.75, 3.05) is 40.9 Å². The van der Waals surface area contributed by atoms with Crippen molar-refractivity contribution in [2.45, 2.75) is 13.1 Å². The number of carbonyl (C=O) groups is 1.